The van der Waals surface area contributed by atoms with Gasteiger partial charge in [0.1, 0.15) is 18.9 Å². The number of carbonyl (C=O) groups excluding carboxylic acids is 3. The van der Waals surface area contributed by atoms with Crippen LogP contribution in [0, 0.1) is 0 Å². The van der Waals surface area contributed by atoms with Crippen molar-refractivity contribution in [1.29, 1.82) is 0 Å². The zero-order valence-electron chi connectivity index (χ0n) is 11.5. The van der Waals surface area contributed by atoms with Crippen LogP contribution >= 0.6 is 0 Å². The summed E-state index contributed by atoms with van der Waals surface area (Å²) in [6.07, 6.45) is -0.225. The maximum absolute atomic E-state index is 11.7. The summed E-state index contributed by atoms with van der Waals surface area (Å²) in [6, 6.07) is 8.27. The van der Waals surface area contributed by atoms with Crippen molar-refractivity contribution in [3.8, 4) is 0 Å². The molecule has 1 rings (SSSR count). The number of hydrogen-bond donors (Lipinski definition) is 1. The van der Waals surface area contributed by atoms with Crippen LogP contribution in [0.5, 0.6) is 0 Å². The van der Waals surface area contributed by atoms with E-state index in [9.17, 15) is 14.4 Å². The fourth-order valence-electron chi connectivity index (χ4n) is 1.54. The first kappa shape index (κ1) is 15.7. The van der Waals surface area contributed by atoms with Crippen molar-refractivity contribution in [1.82, 2.24) is 10.2 Å². The molecule has 1 aromatic rings. The van der Waals surface area contributed by atoms with E-state index in [4.69, 9.17) is 4.74 Å². The van der Waals surface area contributed by atoms with Gasteiger partial charge in [0, 0.05) is 20.5 Å². The summed E-state index contributed by atoms with van der Waals surface area (Å²) in [5.74, 6) is -0.353. The highest BCUT2D eigenvalue weighted by Crippen LogP contribution is 2.01. The molecule has 1 unspecified atom stereocenters. The van der Waals surface area contributed by atoms with Gasteiger partial charge in [-0.1, -0.05) is 30.3 Å². The summed E-state index contributed by atoms with van der Waals surface area (Å²) in [6.45, 7) is 0.108. The van der Waals surface area contributed by atoms with Gasteiger partial charge in [-0.15, -0.1) is 0 Å². The molecule has 0 aliphatic rings. The summed E-state index contributed by atoms with van der Waals surface area (Å²) < 4.78 is 5.00. The molecule has 6 heteroatoms. The Balaban J connectivity index is 2.49. The SMILES string of the molecule is CN(C)C(=O)C(CC=O)NC(=O)OCc1ccccc1. The van der Waals surface area contributed by atoms with Crippen LogP contribution in [-0.4, -0.2) is 43.3 Å². The Morgan fingerprint density at radius 1 is 1.30 bits per heavy atom. The van der Waals surface area contributed by atoms with Gasteiger partial charge in [-0.3, -0.25) is 4.79 Å². The molecule has 108 valence electrons. The molecule has 2 amide bonds. The van der Waals surface area contributed by atoms with Crippen LogP contribution in [-0.2, 0) is 20.9 Å². The van der Waals surface area contributed by atoms with Crippen LogP contribution in [0.15, 0.2) is 30.3 Å². The van der Waals surface area contributed by atoms with Gasteiger partial charge in [-0.05, 0) is 5.56 Å². The Kier molecular flexibility index (Phi) is 6.22. The van der Waals surface area contributed by atoms with Crippen molar-refractivity contribution in [2.75, 3.05) is 14.1 Å². The molecule has 0 aliphatic carbocycles. The highest BCUT2D eigenvalue weighted by atomic mass is 16.5. The predicted molar refractivity (Wildman–Crippen MR) is 72.9 cm³/mol. The van der Waals surface area contributed by atoms with Gasteiger partial charge < -0.3 is 19.7 Å². The first-order valence-electron chi connectivity index (χ1n) is 6.16. The van der Waals surface area contributed by atoms with Crippen LogP contribution in [0.2, 0.25) is 0 Å². The van der Waals surface area contributed by atoms with Crippen molar-refractivity contribution >= 4 is 18.3 Å². The van der Waals surface area contributed by atoms with Crippen molar-refractivity contribution < 1.29 is 19.1 Å². The smallest absolute Gasteiger partial charge is 0.408 e. The molecule has 6 nitrogen and oxygen atoms in total. The van der Waals surface area contributed by atoms with Crippen LogP contribution in [0.25, 0.3) is 0 Å². The van der Waals surface area contributed by atoms with Gasteiger partial charge >= 0.3 is 6.09 Å². The standard InChI is InChI=1S/C14H18N2O4/c1-16(2)13(18)12(8-9-17)15-14(19)20-10-11-6-4-3-5-7-11/h3-7,9,12H,8,10H2,1-2H3,(H,15,19). The molecule has 0 aliphatic heterocycles. The van der Waals surface area contributed by atoms with Gasteiger partial charge in [0.2, 0.25) is 5.91 Å². The molecule has 0 heterocycles. The molecule has 0 saturated carbocycles. The van der Waals surface area contributed by atoms with Gasteiger partial charge in [-0.25, -0.2) is 4.79 Å². The Morgan fingerprint density at radius 3 is 2.50 bits per heavy atom. The maximum Gasteiger partial charge on any atom is 0.408 e. The van der Waals surface area contributed by atoms with Gasteiger partial charge in [0.05, 0.1) is 0 Å². The molecule has 0 bridgehead atoms. The van der Waals surface area contributed by atoms with Crippen LogP contribution in [0.1, 0.15) is 12.0 Å². The fraction of sp³-hybridized carbons (Fsp3) is 0.357. The second-order valence-corrected chi connectivity index (χ2v) is 4.39. The monoisotopic (exact) mass is 278 g/mol. The van der Waals surface area contributed by atoms with E-state index >= 15 is 0 Å². The van der Waals surface area contributed by atoms with Crippen molar-refractivity contribution in [2.24, 2.45) is 0 Å². The van der Waals surface area contributed by atoms with E-state index in [0.717, 1.165) is 5.56 Å². The fourth-order valence-corrected chi connectivity index (χ4v) is 1.54. The van der Waals surface area contributed by atoms with Crippen LogP contribution in [0.3, 0.4) is 0 Å². The average molecular weight is 278 g/mol. The number of ether oxygens (including phenoxy) is 1. The number of alkyl carbamates (subject to hydrolysis) is 1. The number of hydrogen-bond acceptors (Lipinski definition) is 4. The lowest BCUT2D eigenvalue weighted by Gasteiger charge is -2.19. The summed E-state index contributed by atoms with van der Waals surface area (Å²) in [4.78, 5) is 35.2. The topological polar surface area (TPSA) is 75.7 Å². The molecule has 1 N–H and O–H groups in total. The number of benzene rings is 1. The van der Waals surface area contributed by atoms with E-state index < -0.39 is 12.1 Å². The third-order valence-electron chi connectivity index (χ3n) is 2.58. The Morgan fingerprint density at radius 2 is 1.95 bits per heavy atom. The Bertz CT molecular complexity index is 460. The largest absolute Gasteiger partial charge is 0.445 e. The maximum atomic E-state index is 11.7. The van der Waals surface area contributed by atoms with Crippen molar-refractivity contribution in [2.45, 2.75) is 19.1 Å². The molecule has 20 heavy (non-hydrogen) atoms. The molecule has 0 aromatic heterocycles. The van der Waals surface area contributed by atoms with E-state index in [2.05, 4.69) is 5.32 Å². The van der Waals surface area contributed by atoms with Crippen LogP contribution in [0.4, 0.5) is 4.79 Å². The number of rotatable bonds is 6. The van der Waals surface area contributed by atoms with Crippen LogP contribution < -0.4 is 5.32 Å². The summed E-state index contributed by atoms with van der Waals surface area (Å²) in [7, 11) is 3.11. The minimum absolute atomic E-state index is 0.0859. The second-order valence-electron chi connectivity index (χ2n) is 4.39. The third-order valence-corrected chi connectivity index (χ3v) is 2.58. The molecular weight excluding hydrogens is 260 g/mol. The second kappa shape index (κ2) is 7.93. The first-order valence-corrected chi connectivity index (χ1v) is 6.16. The lowest BCUT2D eigenvalue weighted by Crippen LogP contribution is -2.46. The number of carbonyl (C=O) groups is 3. The number of nitrogens with one attached hydrogen (secondary N) is 1. The van der Waals surface area contributed by atoms with Gasteiger partial charge in [0.15, 0.2) is 0 Å². The van der Waals surface area contributed by atoms with E-state index in [1.165, 1.54) is 4.90 Å². The molecule has 0 radical (unpaired) electrons. The summed E-state index contributed by atoms with van der Waals surface area (Å²) in [5.41, 5.74) is 0.841. The molecule has 1 aromatic carbocycles. The number of likely N-dealkylation sites (N-methyl/N-ethyl adjacent to an activating group) is 1. The number of aldehydes is 1. The molecule has 1 atom stereocenters. The highest BCUT2D eigenvalue weighted by Gasteiger charge is 2.22. The third kappa shape index (κ3) is 5.09. The molecule has 0 spiro atoms. The highest BCUT2D eigenvalue weighted by molar-refractivity contribution is 5.87. The number of amides is 2. The average Bonchev–Trinajstić information content (AvgIpc) is 2.45. The van der Waals surface area contributed by atoms with Gasteiger partial charge in [-0.2, -0.15) is 0 Å². The minimum atomic E-state index is -0.897. The van der Waals surface area contributed by atoms with Crippen molar-refractivity contribution in [3.05, 3.63) is 35.9 Å². The van der Waals surface area contributed by atoms with E-state index in [0.29, 0.717) is 6.29 Å². The lowest BCUT2D eigenvalue weighted by atomic mass is 10.2. The zero-order chi connectivity index (χ0) is 15.0. The Hall–Kier alpha value is -2.37. The predicted octanol–water partition coefficient (Wildman–Crippen LogP) is 0.959. The first-order chi connectivity index (χ1) is 9.54. The zero-order valence-corrected chi connectivity index (χ0v) is 11.5. The van der Waals surface area contributed by atoms with Gasteiger partial charge in [0.25, 0.3) is 0 Å². The molecule has 0 saturated heterocycles. The van der Waals surface area contributed by atoms with Crippen molar-refractivity contribution in [3.63, 3.8) is 0 Å². The van der Waals surface area contributed by atoms with E-state index in [1.54, 1.807) is 14.1 Å². The molecule has 0 fully saturated rings. The molecular formula is C14H18N2O4. The minimum Gasteiger partial charge on any atom is -0.445 e. The lowest BCUT2D eigenvalue weighted by molar-refractivity contribution is -0.132. The normalized spacial score (nSPS) is 11.3. The quantitative estimate of drug-likeness (QED) is 0.786. The number of nitrogens with zero attached hydrogens (tertiary/aromatic N) is 1. The van der Waals surface area contributed by atoms with E-state index in [-0.39, 0.29) is 18.9 Å². The van der Waals surface area contributed by atoms with E-state index in [1.807, 2.05) is 30.3 Å². The Labute approximate surface area is 117 Å². The summed E-state index contributed by atoms with van der Waals surface area (Å²) in [5, 5.41) is 2.39. The summed E-state index contributed by atoms with van der Waals surface area (Å²) >= 11 is 0.